The van der Waals surface area contributed by atoms with Crippen LogP contribution in [0.2, 0.25) is 10.0 Å². The number of hydrogen-bond acceptors (Lipinski definition) is 4. The molecule has 0 heterocycles. The highest BCUT2D eigenvalue weighted by Crippen LogP contribution is 2.36. The maximum atomic E-state index is 12.3. The van der Waals surface area contributed by atoms with Gasteiger partial charge >= 0.3 is 5.51 Å². The zero-order chi connectivity index (χ0) is 20.2. The van der Waals surface area contributed by atoms with Gasteiger partial charge in [0, 0.05) is 26.1 Å². The van der Waals surface area contributed by atoms with Gasteiger partial charge in [-0.3, -0.25) is 10.2 Å². The van der Waals surface area contributed by atoms with Crippen molar-refractivity contribution in [3.63, 3.8) is 0 Å². The number of amides is 1. The lowest BCUT2D eigenvalue weighted by Crippen LogP contribution is -2.22. The smallest absolute Gasteiger partial charge is 0.407 e. The Labute approximate surface area is 165 Å². The first-order valence-corrected chi connectivity index (χ1v) is 8.58. The van der Waals surface area contributed by atoms with E-state index in [1.807, 2.05) is 0 Å². The summed E-state index contributed by atoms with van der Waals surface area (Å²) >= 11 is 11.3. The van der Waals surface area contributed by atoms with Gasteiger partial charge in [-0.05, 0) is 54.2 Å². The first-order chi connectivity index (χ1) is 12.5. The Balaban J connectivity index is 2.06. The van der Waals surface area contributed by atoms with Crippen LogP contribution in [0.4, 0.5) is 13.2 Å². The van der Waals surface area contributed by atoms with Gasteiger partial charge in [0.05, 0.1) is 0 Å². The molecule has 0 saturated carbocycles. The second kappa shape index (κ2) is 8.64. The number of thioether (sulfide) groups is 1. The molecule has 0 unspecified atom stereocenters. The van der Waals surface area contributed by atoms with Gasteiger partial charge in [0.2, 0.25) is 5.90 Å². The van der Waals surface area contributed by atoms with Gasteiger partial charge in [0.15, 0.2) is 0 Å². The molecule has 0 bridgehead atoms. The number of amidine groups is 1. The Morgan fingerprint density at radius 2 is 1.63 bits per heavy atom. The molecule has 0 spiro atoms. The lowest BCUT2D eigenvalue weighted by atomic mass is 10.2. The number of carbonyl (C=O) groups is 1. The summed E-state index contributed by atoms with van der Waals surface area (Å²) in [6.45, 7) is 0. The first kappa shape index (κ1) is 21.1. The number of nitrogens with zero attached hydrogens (tertiary/aromatic N) is 1. The molecular weight excluding hydrogens is 426 g/mol. The zero-order valence-electron chi connectivity index (χ0n) is 13.2. The third kappa shape index (κ3) is 6.78. The molecule has 0 atom stereocenters. The highest BCUT2D eigenvalue weighted by atomic mass is 35.5. The number of nitrogens with one attached hydrogen (secondary N) is 1. The van der Waals surface area contributed by atoms with Crippen LogP contribution < -0.4 is 5.73 Å². The standard InChI is InChI=1S/C16H10Cl2F3N3O2S/c17-10-5-9(6-11(18)7-10)13(22)26-15(23)24-14(25)8-1-3-12(4-2-8)27-16(19,20)21/h1-7,22H,(H2,23,24,25). The van der Waals surface area contributed by atoms with Crippen molar-refractivity contribution in [2.45, 2.75) is 10.4 Å². The van der Waals surface area contributed by atoms with Gasteiger partial charge in [0.25, 0.3) is 11.9 Å². The van der Waals surface area contributed by atoms with E-state index in [4.69, 9.17) is 39.1 Å². The molecule has 0 aromatic heterocycles. The number of carbonyl (C=O) groups excluding carboxylic acids is 1. The summed E-state index contributed by atoms with van der Waals surface area (Å²) in [6, 6.07) is 8.27. The molecule has 1 amide bonds. The topological polar surface area (TPSA) is 88.5 Å². The second-order valence-electron chi connectivity index (χ2n) is 4.92. The van der Waals surface area contributed by atoms with E-state index in [1.165, 1.54) is 30.3 Å². The van der Waals surface area contributed by atoms with E-state index in [0.717, 1.165) is 12.1 Å². The molecule has 0 radical (unpaired) electrons. The van der Waals surface area contributed by atoms with Gasteiger partial charge < -0.3 is 10.5 Å². The maximum Gasteiger partial charge on any atom is 0.446 e. The number of halogens is 5. The minimum Gasteiger partial charge on any atom is -0.407 e. The Hall–Kier alpha value is -2.23. The number of rotatable bonds is 3. The van der Waals surface area contributed by atoms with Gasteiger partial charge in [0.1, 0.15) is 0 Å². The van der Waals surface area contributed by atoms with E-state index in [-0.39, 0.29) is 37.8 Å². The monoisotopic (exact) mass is 435 g/mol. The minimum atomic E-state index is -4.43. The number of hydrogen-bond donors (Lipinski definition) is 2. The SMILES string of the molecule is N=C(OC(N)=NC(=O)c1ccc(SC(F)(F)F)cc1)c1cc(Cl)cc(Cl)c1. The van der Waals surface area contributed by atoms with E-state index < -0.39 is 23.3 Å². The normalized spacial score (nSPS) is 12.0. The van der Waals surface area contributed by atoms with E-state index in [9.17, 15) is 18.0 Å². The first-order valence-electron chi connectivity index (χ1n) is 7.00. The van der Waals surface area contributed by atoms with Gasteiger partial charge in [-0.25, -0.2) is 0 Å². The van der Waals surface area contributed by atoms with Crippen molar-refractivity contribution in [1.29, 1.82) is 5.41 Å². The predicted molar refractivity (Wildman–Crippen MR) is 98.7 cm³/mol. The fourth-order valence-electron chi connectivity index (χ4n) is 1.84. The van der Waals surface area contributed by atoms with Crippen LogP contribution in [0, 0.1) is 5.41 Å². The maximum absolute atomic E-state index is 12.3. The minimum absolute atomic E-state index is 0.00500. The second-order valence-corrected chi connectivity index (χ2v) is 6.93. The Morgan fingerprint density at radius 3 is 2.15 bits per heavy atom. The molecule has 0 saturated heterocycles. The predicted octanol–water partition coefficient (Wildman–Crippen LogP) is 5.10. The van der Waals surface area contributed by atoms with Crippen LogP contribution in [0.1, 0.15) is 15.9 Å². The van der Waals surface area contributed by atoms with Crippen LogP contribution in [0.25, 0.3) is 0 Å². The van der Waals surface area contributed by atoms with Crippen molar-refractivity contribution in [3.8, 4) is 0 Å². The lowest BCUT2D eigenvalue weighted by molar-refractivity contribution is -0.0328. The van der Waals surface area contributed by atoms with Gasteiger partial charge in [-0.2, -0.15) is 18.2 Å². The highest BCUT2D eigenvalue weighted by Gasteiger charge is 2.29. The van der Waals surface area contributed by atoms with Crippen molar-refractivity contribution in [1.82, 2.24) is 0 Å². The molecule has 5 nitrogen and oxygen atoms in total. The van der Waals surface area contributed by atoms with Crippen LogP contribution in [-0.2, 0) is 4.74 Å². The quantitative estimate of drug-likeness (QED) is 0.398. The summed E-state index contributed by atoms with van der Waals surface area (Å²) < 4.78 is 41.8. The van der Waals surface area contributed by atoms with Crippen molar-refractivity contribution < 1.29 is 22.7 Å². The molecule has 0 aliphatic heterocycles. The third-order valence-corrected chi connectivity index (χ3v) is 4.05. The summed E-state index contributed by atoms with van der Waals surface area (Å²) in [7, 11) is 0. The molecule has 3 N–H and O–H groups in total. The molecule has 2 rings (SSSR count). The molecular formula is C16H10Cl2F3N3O2S. The van der Waals surface area contributed by atoms with Crippen molar-refractivity contribution in [2.75, 3.05) is 0 Å². The number of nitrogens with two attached hydrogens (primary N) is 1. The Kier molecular flexibility index (Phi) is 6.74. The Bertz CT molecular complexity index is 883. The van der Waals surface area contributed by atoms with Crippen LogP contribution >= 0.6 is 35.0 Å². The van der Waals surface area contributed by atoms with Gasteiger partial charge in [-0.15, -0.1) is 0 Å². The average Bonchev–Trinajstić information content (AvgIpc) is 2.52. The van der Waals surface area contributed by atoms with Crippen molar-refractivity contribution in [3.05, 3.63) is 63.6 Å². The van der Waals surface area contributed by atoms with E-state index in [2.05, 4.69) is 4.99 Å². The molecule has 2 aromatic carbocycles. The van der Waals surface area contributed by atoms with E-state index >= 15 is 0 Å². The van der Waals surface area contributed by atoms with Crippen LogP contribution in [-0.4, -0.2) is 23.3 Å². The fourth-order valence-corrected chi connectivity index (χ4v) is 2.90. The molecule has 0 aliphatic rings. The van der Waals surface area contributed by atoms with Crippen molar-refractivity contribution in [2.24, 2.45) is 10.7 Å². The van der Waals surface area contributed by atoms with Gasteiger partial charge in [-0.1, -0.05) is 23.2 Å². The van der Waals surface area contributed by atoms with Crippen molar-refractivity contribution >= 4 is 52.8 Å². The Morgan fingerprint density at radius 1 is 1.07 bits per heavy atom. The molecule has 0 fully saturated rings. The van der Waals surface area contributed by atoms with Crippen LogP contribution in [0.5, 0.6) is 0 Å². The number of alkyl halides is 3. The van der Waals surface area contributed by atoms with Crippen LogP contribution in [0.15, 0.2) is 52.4 Å². The van der Waals surface area contributed by atoms with E-state index in [1.54, 1.807) is 0 Å². The largest absolute Gasteiger partial charge is 0.446 e. The molecule has 27 heavy (non-hydrogen) atoms. The zero-order valence-corrected chi connectivity index (χ0v) is 15.5. The summed E-state index contributed by atoms with van der Waals surface area (Å²) in [6.07, 6.45) is 0. The molecule has 0 aliphatic carbocycles. The number of benzene rings is 2. The summed E-state index contributed by atoms with van der Waals surface area (Å²) in [5.74, 6) is -1.28. The molecule has 2 aromatic rings. The average molecular weight is 436 g/mol. The summed E-state index contributed by atoms with van der Waals surface area (Å²) in [4.78, 5) is 15.4. The van der Waals surface area contributed by atoms with E-state index in [0.29, 0.717) is 0 Å². The lowest BCUT2D eigenvalue weighted by Gasteiger charge is -2.07. The molecule has 142 valence electrons. The summed E-state index contributed by atoms with van der Waals surface area (Å²) in [5, 5.41) is 8.34. The summed E-state index contributed by atoms with van der Waals surface area (Å²) in [5.41, 5.74) is 1.28. The number of ether oxygens (including phenoxy) is 1. The third-order valence-electron chi connectivity index (χ3n) is 2.88. The number of aliphatic imine (C=N–C) groups is 1. The fraction of sp³-hybridized carbons (Fsp3) is 0.0625. The molecule has 11 heteroatoms. The highest BCUT2D eigenvalue weighted by molar-refractivity contribution is 8.00. The van der Waals surface area contributed by atoms with Crippen LogP contribution in [0.3, 0.4) is 0 Å².